The number of nitrogens with zero attached hydrogens (tertiary/aromatic N) is 1. The maximum Gasteiger partial charge on any atom is 0.387 e. The number of ether oxygens (including phenoxy) is 1. The summed E-state index contributed by atoms with van der Waals surface area (Å²) in [6, 6.07) is 7.84. The molecule has 0 saturated heterocycles. The number of carbonyl (C=O) groups excluding carboxylic acids is 1. The van der Waals surface area contributed by atoms with Gasteiger partial charge in [0.1, 0.15) is 17.4 Å². The summed E-state index contributed by atoms with van der Waals surface area (Å²) in [6.45, 7) is -0.332. The van der Waals surface area contributed by atoms with Crippen molar-refractivity contribution in [1.82, 2.24) is 5.32 Å². The van der Waals surface area contributed by atoms with Crippen molar-refractivity contribution in [3.8, 4) is 11.8 Å². The smallest absolute Gasteiger partial charge is 0.387 e. The van der Waals surface area contributed by atoms with Gasteiger partial charge in [0, 0.05) is 12.1 Å². The molecule has 0 fully saturated rings. The molecule has 0 radical (unpaired) electrons. The van der Waals surface area contributed by atoms with Crippen molar-refractivity contribution >= 4 is 12.0 Å². The van der Waals surface area contributed by atoms with Gasteiger partial charge in [-0.15, -0.1) is 0 Å². The number of nitriles is 1. The highest BCUT2D eigenvalue weighted by Crippen LogP contribution is 2.22. The van der Waals surface area contributed by atoms with Crippen molar-refractivity contribution in [3.63, 3.8) is 0 Å². The molecule has 0 spiro atoms. The van der Waals surface area contributed by atoms with E-state index in [1.165, 1.54) is 37.5 Å². The zero-order valence-electron chi connectivity index (χ0n) is 14.4. The molecule has 0 aliphatic carbocycles. The normalized spacial score (nSPS) is 11.2. The first-order valence-corrected chi connectivity index (χ1v) is 8.52. The molecule has 0 unspecified atom stereocenters. The van der Waals surface area contributed by atoms with E-state index in [0.29, 0.717) is 6.54 Å². The number of rotatable bonds is 11. The summed E-state index contributed by atoms with van der Waals surface area (Å²) in [5, 5.41) is 11.8. The Balaban J connectivity index is 2.59. The number of para-hydroxylation sites is 1. The van der Waals surface area contributed by atoms with Crippen molar-refractivity contribution in [3.05, 3.63) is 35.4 Å². The van der Waals surface area contributed by atoms with Crippen LogP contribution in [0.5, 0.6) is 5.75 Å². The molecule has 0 bridgehead atoms. The lowest BCUT2D eigenvalue weighted by Crippen LogP contribution is -2.25. The van der Waals surface area contributed by atoms with E-state index in [2.05, 4.69) is 17.0 Å². The third-order valence-electron chi connectivity index (χ3n) is 3.62. The minimum Gasteiger partial charge on any atom is -0.434 e. The van der Waals surface area contributed by atoms with Gasteiger partial charge in [0.15, 0.2) is 0 Å². The molecule has 0 atom stereocenters. The molecule has 0 heterocycles. The van der Waals surface area contributed by atoms with Gasteiger partial charge >= 0.3 is 6.61 Å². The quantitative estimate of drug-likeness (QED) is 0.358. The topological polar surface area (TPSA) is 62.1 Å². The molecule has 0 aromatic heterocycles. The lowest BCUT2D eigenvalue weighted by molar-refractivity contribution is -0.117. The van der Waals surface area contributed by atoms with Crippen molar-refractivity contribution in [2.24, 2.45) is 0 Å². The van der Waals surface area contributed by atoms with Crippen molar-refractivity contribution < 1.29 is 18.3 Å². The Kier molecular flexibility index (Phi) is 9.91. The van der Waals surface area contributed by atoms with E-state index in [-0.39, 0.29) is 16.9 Å². The van der Waals surface area contributed by atoms with Crippen LogP contribution < -0.4 is 10.1 Å². The number of amides is 1. The van der Waals surface area contributed by atoms with Crippen LogP contribution in [-0.2, 0) is 4.79 Å². The highest BCUT2D eigenvalue weighted by atomic mass is 19.3. The van der Waals surface area contributed by atoms with Gasteiger partial charge in [0.25, 0.3) is 5.91 Å². The van der Waals surface area contributed by atoms with E-state index >= 15 is 0 Å². The molecule has 1 rings (SSSR count). The predicted molar refractivity (Wildman–Crippen MR) is 93.0 cm³/mol. The fourth-order valence-corrected chi connectivity index (χ4v) is 2.31. The highest BCUT2D eigenvalue weighted by Gasteiger charge is 2.12. The average Bonchev–Trinajstić information content (AvgIpc) is 2.59. The van der Waals surface area contributed by atoms with Crippen LogP contribution in [0.2, 0.25) is 0 Å². The van der Waals surface area contributed by atoms with Gasteiger partial charge in [-0.3, -0.25) is 4.79 Å². The number of hydrogen-bond acceptors (Lipinski definition) is 3. The molecule has 1 aromatic carbocycles. The highest BCUT2D eigenvalue weighted by molar-refractivity contribution is 6.01. The molecule has 6 heteroatoms. The second-order valence-corrected chi connectivity index (χ2v) is 5.61. The number of unbranched alkanes of at least 4 members (excludes halogenated alkanes) is 5. The molecule has 136 valence electrons. The summed E-state index contributed by atoms with van der Waals surface area (Å²) >= 11 is 0. The van der Waals surface area contributed by atoms with Gasteiger partial charge in [-0.05, 0) is 18.6 Å². The Labute approximate surface area is 147 Å². The van der Waals surface area contributed by atoms with E-state index in [0.717, 1.165) is 19.3 Å². The van der Waals surface area contributed by atoms with Crippen LogP contribution in [0, 0.1) is 11.3 Å². The molecule has 1 aromatic rings. The van der Waals surface area contributed by atoms with E-state index in [9.17, 15) is 13.6 Å². The number of benzene rings is 1. The van der Waals surface area contributed by atoms with Crippen LogP contribution in [0.15, 0.2) is 29.8 Å². The van der Waals surface area contributed by atoms with Gasteiger partial charge in [0.2, 0.25) is 0 Å². The Morgan fingerprint density at radius 3 is 2.60 bits per heavy atom. The number of hydrogen-bond donors (Lipinski definition) is 1. The average molecular weight is 350 g/mol. The largest absolute Gasteiger partial charge is 0.434 e. The number of halogens is 2. The van der Waals surface area contributed by atoms with Crippen LogP contribution in [-0.4, -0.2) is 19.1 Å². The first-order valence-electron chi connectivity index (χ1n) is 8.52. The first-order chi connectivity index (χ1) is 12.1. The standard InChI is InChI=1S/C19H24F2N2O2/c1-2-3-4-5-6-9-12-23-18(24)16(14-22)13-15-10-7-8-11-17(15)25-19(20)21/h7-8,10-11,13,19H,2-6,9,12H2,1H3,(H,23,24). The number of carbonyl (C=O) groups is 1. The Morgan fingerprint density at radius 1 is 1.24 bits per heavy atom. The molecule has 0 aliphatic heterocycles. The number of nitrogens with one attached hydrogen (secondary N) is 1. The van der Waals surface area contributed by atoms with Crippen LogP contribution >= 0.6 is 0 Å². The maximum absolute atomic E-state index is 12.4. The summed E-state index contributed by atoms with van der Waals surface area (Å²) in [7, 11) is 0. The fraction of sp³-hybridized carbons (Fsp3) is 0.474. The first kappa shape index (κ1) is 20.6. The molecule has 1 N–H and O–H groups in total. The fourth-order valence-electron chi connectivity index (χ4n) is 2.31. The summed E-state index contributed by atoms with van der Waals surface area (Å²) in [5.74, 6) is -0.586. The van der Waals surface area contributed by atoms with Gasteiger partial charge in [-0.1, -0.05) is 57.2 Å². The van der Waals surface area contributed by atoms with Crippen LogP contribution in [0.1, 0.15) is 51.0 Å². The zero-order valence-corrected chi connectivity index (χ0v) is 14.4. The third kappa shape index (κ3) is 8.30. The Hall–Kier alpha value is -2.42. The summed E-state index contributed by atoms with van der Waals surface area (Å²) < 4.78 is 29.2. The molecule has 0 saturated carbocycles. The molecular weight excluding hydrogens is 326 g/mol. The SMILES string of the molecule is CCCCCCCCNC(=O)C(C#N)=Cc1ccccc1OC(F)F. The second kappa shape index (κ2) is 12.0. The molecule has 0 aliphatic rings. The summed E-state index contributed by atoms with van der Waals surface area (Å²) in [5.41, 5.74) is 0.116. The molecular formula is C19H24F2N2O2. The van der Waals surface area contributed by atoms with Gasteiger partial charge in [0.05, 0.1) is 0 Å². The maximum atomic E-state index is 12.4. The predicted octanol–water partition coefficient (Wildman–Crippen LogP) is 4.67. The zero-order chi connectivity index (χ0) is 18.5. The van der Waals surface area contributed by atoms with Crippen LogP contribution in [0.4, 0.5) is 8.78 Å². The minimum absolute atomic E-state index is 0.0750. The molecule has 1 amide bonds. The van der Waals surface area contributed by atoms with Gasteiger partial charge in [-0.25, -0.2) is 0 Å². The third-order valence-corrected chi connectivity index (χ3v) is 3.62. The van der Waals surface area contributed by atoms with Crippen molar-refractivity contribution in [2.75, 3.05) is 6.54 Å². The van der Waals surface area contributed by atoms with Crippen molar-refractivity contribution in [2.45, 2.75) is 52.1 Å². The van der Waals surface area contributed by atoms with Crippen LogP contribution in [0.25, 0.3) is 6.08 Å². The monoisotopic (exact) mass is 350 g/mol. The van der Waals surface area contributed by atoms with E-state index in [4.69, 9.17) is 5.26 Å². The van der Waals surface area contributed by atoms with Gasteiger partial charge < -0.3 is 10.1 Å². The van der Waals surface area contributed by atoms with E-state index in [1.807, 2.05) is 0 Å². The Bertz CT molecular complexity index is 610. The van der Waals surface area contributed by atoms with Gasteiger partial charge in [-0.2, -0.15) is 14.0 Å². The van der Waals surface area contributed by atoms with E-state index < -0.39 is 12.5 Å². The summed E-state index contributed by atoms with van der Waals surface area (Å²) in [4.78, 5) is 12.1. The van der Waals surface area contributed by atoms with E-state index in [1.54, 1.807) is 18.2 Å². The molecule has 4 nitrogen and oxygen atoms in total. The Morgan fingerprint density at radius 2 is 1.92 bits per heavy atom. The van der Waals surface area contributed by atoms with Crippen molar-refractivity contribution in [1.29, 1.82) is 5.26 Å². The summed E-state index contributed by atoms with van der Waals surface area (Å²) in [6.07, 6.45) is 7.85. The van der Waals surface area contributed by atoms with Crippen LogP contribution in [0.3, 0.4) is 0 Å². The minimum atomic E-state index is -2.97. The second-order valence-electron chi connectivity index (χ2n) is 5.61. The molecule has 25 heavy (non-hydrogen) atoms. The lowest BCUT2D eigenvalue weighted by Gasteiger charge is -2.08. The lowest BCUT2D eigenvalue weighted by atomic mass is 10.1. The number of alkyl halides is 2.